The zero-order valence-corrected chi connectivity index (χ0v) is 5.91. The summed E-state index contributed by atoms with van der Waals surface area (Å²) in [5, 5.41) is 17.0. The van der Waals surface area contributed by atoms with Gasteiger partial charge in [-0.25, -0.2) is 0 Å². The SMILES string of the molecule is C/C(O)=C\C(N)=NCCO. The minimum absolute atomic E-state index is 0.0288. The molecular weight excluding hydrogens is 132 g/mol. The number of aliphatic hydroxyl groups excluding tert-OH is 2. The van der Waals surface area contributed by atoms with Gasteiger partial charge in [0.2, 0.25) is 0 Å². The van der Waals surface area contributed by atoms with E-state index >= 15 is 0 Å². The zero-order chi connectivity index (χ0) is 7.98. The van der Waals surface area contributed by atoms with Gasteiger partial charge in [0.05, 0.1) is 18.9 Å². The highest BCUT2D eigenvalue weighted by Crippen LogP contribution is 1.83. The first-order valence-corrected chi connectivity index (χ1v) is 2.95. The molecule has 0 rings (SSSR count). The molecule has 0 atom stereocenters. The third-order valence-electron chi connectivity index (χ3n) is 0.751. The van der Waals surface area contributed by atoms with E-state index in [0.29, 0.717) is 0 Å². The second kappa shape index (κ2) is 4.81. The molecule has 4 heteroatoms. The Morgan fingerprint density at radius 1 is 1.70 bits per heavy atom. The zero-order valence-electron chi connectivity index (χ0n) is 5.91. The van der Waals surface area contributed by atoms with Crippen LogP contribution in [0, 0.1) is 0 Å². The smallest absolute Gasteiger partial charge is 0.121 e. The Bertz CT molecular complexity index is 148. The first-order valence-electron chi connectivity index (χ1n) is 2.95. The normalized spacial score (nSPS) is 13.8. The van der Waals surface area contributed by atoms with Crippen LogP contribution >= 0.6 is 0 Å². The molecule has 0 aromatic carbocycles. The summed E-state index contributed by atoms with van der Waals surface area (Å²) >= 11 is 0. The molecule has 0 unspecified atom stereocenters. The number of aliphatic imine (C=N–C) groups is 1. The summed E-state index contributed by atoms with van der Waals surface area (Å²) in [6.45, 7) is 1.75. The molecule has 0 aliphatic heterocycles. The van der Waals surface area contributed by atoms with Gasteiger partial charge in [-0.2, -0.15) is 0 Å². The van der Waals surface area contributed by atoms with Gasteiger partial charge in [0, 0.05) is 6.08 Å². The third-order valence-corrected chi connectivity index (χ3v) is 0.751. The number of nitrogens with two attached hydrogens (primary N) is 1. The summed E-state index contributed by atoms with van der Waals surface area (Å²) < 4.78 is 0. The molecule has 4 N–H and O–H groups in total. The van der Waals surface area contributed by atoms with E-state index in [1.165, 1.54) is 13.0 Å². The average Bonchev–Trinajstić information content (AvgIpc) is 1.82. The van der Waals surface area contributed by atoms with Gasteiger partial charge < -0.3 is 15.9 Å². The lowest BCUT2D eigenvalue weighted by Crippen LogP contribution is -2.10. The van der Waals surface area contributed by atoms with Gasteiger partial charge in [0.1, 0.15) is 5.84 Å². The van der Waals surface area contributed by atoms with Gasteiger partial charge in [-0.3, -0.25) is 4.99 Å². The van der Waals surface area contributed by atoms with Crippen LogP contribution in [0.4, 0.5) is 0 Å². The predicted molar refractivity (Wildman–Crippen MR) is 40.0 cm³/mol. The monoisotopic (exact) mass is 144 g/mol. The summed E-state index contributed by atoms with van der Waals surface area (Å²) in [7, 11) is 0. The number of nitrogens with zero attached hydrogens (tertiary/aromatic N) is 1. The van der Waals surface area contributed by atoms with E-state index in [9.17, 15) is 0 Å². The van der Waals surface area contributed by atoms with Crippen molar-refractivity contribution in [1.29, 1.82) is 0 Å². The topological polar surface area (TPSA) is 78.8 Å². The number of rotatable bonds is 3. The number of allylic oxidation sites excluding steroid dienone is 1. The number of hydrogen-bond acceptors (Lipinski definition) is 3. The highest BCUT2D eigenvalue weighted by molar-refractivity contribution is 5.91. The minimum Gasteiger partial charge on any atom is -0.512 e. The molecular formula is C6H12N2O2. The molecule has 10 heavy (non-hydrogen) atoms. The maximum Gasteiger partial charge on any atom is 0.121 e. The van der Waals surface area contributed by atoms with E-state index in [1.54, 1.807) is 0 Å². The Morgan fingerprint density at radius 2 is 2.30 bits per heavy atom. The summed E-state index contributed by atoms with van der Waals surface area (Å²) in [6, 6.07) is 0. The van der Waals surface area contributed by atoms with Crippen molar-refractivity contribution in [1.82, 2.24) is 0 Å². The lowest BCUT2D eigenvalue weighted by molar-refractivity contribution is 0.307. The van der Waals surface area contributed by atoms with E-state index in [0.717, 1.165) is 0 Å². The van der Waals surface area contributed by atoms with Crippen molar-refractivity contribution in [3.8, 4) is 0 Å². The molecule has 0 spiro atoms. The maximum atomic E-state index is 8.66. The van der Waals surface area contributed by atoms with Crippen LogP contribution in [0.25, 0.3) is 0 Å². The highest BCUT2D eigenvalue weighted by atomic mass is 16.3. The molecule has 0 aromatic heterocycles. The van der Waals surface area contributed by atoms with Gasteiger partial charge in [0.25, 0.3) is 0 Å². The molecule has 0 amide bonds. The average molecular weight is 144 g/mol. The molecule has 58 valence electrons. The molecule has 0 aliphatic carbocycles. The quantitative estimate of drug-likeness (QED) is 0.291. The van der Waals surface area contributed by atoms with Crippen LogP contribution in [0.2, 0.25) is 0 Å². The molecule has 0 fully saturated rings. The van der Waals surface area contributed by atoms with E-state index in [4.69, 9.17) is 15.9 Å². The molecule has 0 saturated carbocycles. The van der Waals surface area contributed by atoms with Crippen LogP contribution in [-0.2, 0) is 0 Å². The van der Waals surface area contributed by atoms with Crippen molar-refractivity contribution in [2.24, 2.45) is 10.7 Å². The predicted octanol–water partition coefficient (Wildman–Crippen LogP) is -0.202. The van der Waals surface area contributed by atoms with Crippen molar-refractivity contribution < 1.29 is 10.2 Å². The summed E-state index contributed by atoms with van der Waals surface area (Å²) in [6.07, 6.45) is 1.33. The fourth-order valence-corrected chi connectivity index (χ4v) is 0.439. The number of hydrogen-bond donors (Lipinski definition) is 3. The number of amidine groups is 1. The van der Waals surface area contributed by atoms with E-state index in [1.807, 2.05) is 0 Å². The van der Waals surface area contributed by atoms with Gasteiger partial charge >= 0.3 is 0 Å². The first-order chi connectivity index (χ1) is 4.66. The van der Waals surface area contributed by atoms with Gasteiger partial charge in [0.15, 0.2) is 0 Å². The van der Waals surface area contributed by atoms with Crippen LogP contribution in [-0.4, -0.2) is 29.2 Å². The largest absolute Gasteiger partial charge is 0.512 e. The lowest BCUT2D eigenvalue weighted by atomic mass is 10.4. The van der Waals surface area contributed by atoms with Crippen LogP contribution in [0.3, 0.4) is 0 Å². The van der Waals surface area contributed by atoms with E-state index in [-0.39, 0.29) is 24.7 Å². The summed E-state index contributed by atoms with van der Waals surface area (Å²) in [4.78, 5) is 3.69. The van der Waals surface area contributed by atoms with Crippen LogP contribution in [0.5, 0.6) is 0 Å². The third kappa shape index (κ3) is 5.11. The van der Waals surface area contributed by atoms with Gasteiger partial charge in [-0.15, -0.1) is 0 Å². The standard InChI is InChI=1S/C6H12N2O2/c1-5(10)4-6(7)8-2-3-9/h4,9-10H,2-3H2,1H3,(H2,7,8)/b5-4+. The Balaban J connectivity index is 3.82. The molecule has 0 heterocycles. The fraction of sp³-hybridized carbons (Fsp3) is 0.500. The second-order valence-corrected chi connectivity index (χ2v) is 1.82. The van der Waals surface area contributed by atoms with Gasteiger partial charge in [-0.05, 0) is 6.92 Å². The van der Waals surface area contributed by atoms with Crippen molar-refractivity contribution in [2.45, 2.75) is 6.92 Å². The lowest BCUT2D eigenvalue weighted by Gasteiger charge is -1.91. The number of aliphatic hydroxyl groups is 2. The van der Waals surface area contributed by atoms with Gasteiger partial charge in [-0.1, -0.05) is 0 Å². The molecule has 0 saturated heterocycles. The molecule has 0 aliphatic rings. The van der Waals surface area contributed by atoms with Crippen molar-refractivity contribution in [2.75, 3.05) is 13.2 Å². The minimum atomic E-state index is -0.0288. The van der Waals surface area contributed by atoms with E-state index < -0.39 is 0 Å². The molecule has 4 nitrogen and oxygen atoms in total. The molecule has 0 aromatic rings. The van der Waals surface area contributed by atoms with E-state index in [2.05, 4.69) is 4.99 Å². The van der Waals surface area contributed by atoms with Crippen LogP contribution in [0.1, 0.15) is 6.92 Å². The summed E-state index contributed by atoms with van der Waals surface area (Å²) in [5.41, 5.74) is 5.26. The van der Waals surface area contributed by atoms with Crippen molar-refractivity contribution >= 4 is 5.84 Å². The molecule has 0 radical (unpaired) electrons. The van der Waals surface area contributed by atoms with Crippen molar-refractivity contribution in [3.63, 3.8) is 0 Å². The Labute approximate surface area is 59.7 Å². The Morgan fingerprint density at radius 3 is 2.70 bits per heavy atom. The van der Waals surface area contributed by atoms with Crippen LogP contribution in [0.15, 0.2) is 16.8 Å². The van der Waals surface area contributed by atoms with Crippen molar-refractivity contribution in [3.05, 3.63) is 11.8 Å². The fourth-order valence-electron chi connectivity index (χ4n) is 0.439. The highest BCUT2D eigenvalue weighted by Gasteiger charge is 1.85. The Hall–Kier alpha value is -1.03. The first kappa shape index (κ1) is 8.97. The Kier molecular flexibility index (Phi) is 4.32. The molecule has 0 bridgehead atoms. The second-order valence-electron chi connectivity index (χ2n) is 1.82. The van der Waals surface area contributed by atoms with Crippen LogP contribution < -0.4 is 5.73 Å². The summed E-state index contributed by atoms with van der Waals surface area (Å²) in [5.74, 6) is 0.341. The maximum absolute atomic E-state index is 8.66.